The molecule has 2 rings (SSSR count). The Balaban J connectivity index is 2.00. The first-order valence-electron chi connectivity index (χ1n) is 5.99. The molecule has 0 bridgehead atoms. The number of nitrogens with zero attached hydrogens (tertiary/aromatic N) is 2. The highest BCUT2D eigenvalue weighted by Crippen LogP contribution is 2.09. The van der Waals surface area contributed by atoms with Crippen molar-refractivity contribution in [1.29, 1.82) is 0 Å². The molecule has 2 N–H and O–H groups in total. The second-order valence-corrected chi connectivity index (χ2v) is 4.28. The van der Waals surface area contributed by atoms with Crippen LogP contribution in [0.25, 0.3) is 0 Å². The summed E-state index contributed by atoms with van der Waals surface area (Å²) in [6.45, 7) is 2.01. The first-order valence-corrected chi connectivity index (χ1v) is 5.99. The van der Waals surface area contributed by atoms with Gasteiger partial charge in [-0.15, -0.1) is 0 Å². The highest BCUT2D eigenvalue weighted by molar-refractivity contribution is 5.19. The Morgan fingerprint density at radius 3 is 2.72 bits per heavy atom. The Morgan fingerprint density at radius 1 is 1.33 bits per heavy atom. The molecule has 96 valence electrons. The van der Waals surface area contributed by atoms with Crippen molar-refractivity contribution in [2.45, 2.75) is 32.2 Å². The summed E-state index contributed by atoms with van der Waals surface area (Å²) in [4.78, 5) is 4.26. The maximum atomic E-state index is 12.7. The van der Waals surface area contributed by atoms with Crippen molar-refractivity contribution in [3.05, 3.63) is 47.4 Å². The number of halogens is 1. The monoisotopic (exact) mass is 249 g/mol. The maximum absolute atomic E-state index is 12.7. The van der Waals surface area contributed by atoms with E-state index in [9.17, 15) is 4.39 Å². The second-order valence-electron chi connectivity index (χ2n) is 4.28. The molecule has 0 aliphatic heterocycles. The van der Waals surface area contributed by atoms with Gasteiger partial charge in [-0.3, -0.25) is 0 Å². The molecule has 5 heteroatoms. The summed E-state index contributed by atoms with van der Waals surface area (Å²) < 4.78 is 17.9. The van der Waals surface area contributed by atoms with Crippen LogP contribution in [0.3, 0.4) is 0 Å². The van der Waals surface area contributed by atoms with Gasteiger partial charge in [-0.25, -0.2) is 4.39 Å². The van der Waals surface area contributed by atoms with E-state index in [0.29, 0.717) is 24.6 Å². The Bertz CT molecular complexity index is 495. The number of rotatable bonds is 5. The van der Waals surface area contributed by atoms with E-state index in [2.05, 4.69) is 10.1 Å². The Labute approximate surface area is 105 Å². The maximum Gasteiger partial charge on any atom is 0.228 e. The first-order chi connectivity index (χ1) is 8.67. The Hall–Kier alpha value is -1.75. The molecule has 1 aromatic carbocycles. The molecule has 0 saturated carbocycles. The zero-order chi connectivity index (χ0) is 13.0. The van der Waals surface area contributed by atoms with Crippen LogP contribution in [0.5, 0.6) is 0 Å². The fraction of sp³-hybridized carbons (Fsp3) is 0.385. The quantitative estimate of drug-likeness (QED) is 0.881. The molecule has 0 aliphatic carbocycles. The Kier molecular flexibility index (Phi) is 4.04. The third-order valence-electron chi connectivity index (χ3n) is 2.75. The van der Waals surface area contributed by atoms with E-state index in [1.54, 1.807) is 12.1 Å². The lowest BCUT2D eigenvalue weighted by atomic mass is 10.1. The van der Waals surface area contributed by atoms with Crippen molar-refractivity contribution in [3.8, 4) is 0 Å². The van der Waals surface area contributed by atoms with Crippen molar-refractivity contribution >= 4 is 0 Å². The lowest BCUT2D eigenvalue weighted by Gasteiger charge is -2.02. The van der Waals surface area contributed by atoms with Crippen molar-refractivity contribution in [2.24, 2.45) is 5.73 Å². The smallest absolute Gasteiger partial charge is 0.228 e. The summed E-state index contributed by atoms with van der Waals surface area (Å²) in [5, 5.41) is 3.89. The van der Waals surface area contributed by atoms with Gasteiger partial charge in [0, 0.05) is 18.9 Å². The zero-order valence-electron chi connectivity index (χ0n) is 10.3. The van der Waals surface area contributed by atoms with Crippen LogP contribution in [0.15, 0.2) is 28.8 Å². The van der Waals surface area contributed by atoms with Gasteiger partial charge in [0.1, 0.15) is 5.82 Å². The molecular formula is C13H16FN3O. The molecule has 0 fully saturated rings. The molecule has 18 heavy (non-hydrogen) atoms. The van der Waals surface area contributed by atoms with Crippen molar-refractivity contribution in [1.82, 2.24) is 10.1 Å². The molecule has 1 aromatic heterocycles. The Morgan fingerprint density at radius 2 is 2.06 bits per heavy atom. The molecule has 1 atom stereocenters. The molecule has 1 heterocycles. The van der Waals surface area contributed by atoms with E-state index in [0.717, 1.165) is 12.0 Å². The van der Waals surface area contributed by atoms with Gasteiger partial charge < -0.3 is 10.3 Å². The number of hydrogen-bond acceptors (Lipinski definition) is 4. The summed E-state index contributed by atoms with van der Waals surface area (Å²) >= 11 is 0. The van der Waals surface area contributed by atoms with Crippen LogP contribution < -0.4 is 5.73 Å². The molecule has 0 saturated heterocycles. The first kappa shape index (κ1) is 12.7. The summed E-state index contributed by atoms with van der Waals surface area (Å²) in [6, 6.07) is 6.31. The van der Waals surface area contributed by atoms with Crippen LogP contribution in [0.4, 0.5) is 4.39 Å². The van der Waals surface area contributed by atoms with E-state index in [1.807, 2.05) is 6.92 Å². The van der Waals surface area contributed by atoms with Gasteiger partial charge >= 0.3 is 0 Å². The molecule has 2 aromatic rings. The van der Waals surface area contributed by atoms with Crippen LogP contribution in [-0.2, 0) is 12.8 Å². The predicted octanol–water partition coefficient (Wildman–Crippen LogP) is 2.08. The van der Waals surface area contributed by atoms with Gasteiger partial charge in [0.2, 0.25) is 5.89 Å². The predicted molar refractivity (Wildman–Crippen MR) is 65.5 cm³/mol. The average molecular weight is 249 g/mol. The standard InChI is InChI=1S/C13H16FN3O/c1-2-11(15)8-13-16-12(17-18-13)7-9-3-5-10(14)6-4-9/h3-6,11H,2,7-8,15H2,1H3. The molecule has 0 aliphatic rings. The zero-order valence-corrected chi connectivity index (χ0v) is 10.3. The highest BCUT2D eigenvalue weighted by atomic mass is 19.1. The van der Waals surface area contributed by atoms with E-state index in [1.165, 1.54) is 12.1 Å². The van der Waals surface area contributed by atoms with Crippen molar-refractivity contribution in [3.63, 3.8) is 0 Å². The summed E-state index contributed by atoms with van der Waals surface area (Å²) in [6.07, 6.45) is 1.99. The minimum absolute atomic E-state index is 0.0455. The molecule has 0 amide bonds. The molecule has 4 nitrogen and oxygen atoms in total. The van der Waals surface area contributed by atoms with Crippen molar-refractivity contribution < 1.29 is 8.91 Å². The molecular weight excluding hydrogens is 233 g/mol. The van der Waals surface area contributed by atoms with Crippen LogP contribution in [0, 0.1) is 5.82 Å². The van der Waals surface area contributed by atoms with Crippen LogP contribution >= 0.6 is 0 Å². The lowest BCUT2D eigenvalue weighted by molar-refractivity contribution is 0.363. The minimum atomic E-state index is -0.249. The van der Waals surface area contributed by atoms with Gasteiger partial charge in [0.15, 0.2) is 5.82 Å². The number of benzene rings is 1. The van der Waals surface area contributed by atoms with E-state index < -0.39 is 0 Å². The van der Waals surface area contributed by atoms with Gasteiger partial charge in [0.25, 0.3) is 0 Å². The van der Waals surface area contributed by atoms with E-state index in [-0.39, 0.29) is 11.9 Å². The summed E-state index contributed by atoms with van der Waals surface area (Å²) in [5.74, 6) is 0.905. The lowest BCUT2D eigenvalue weighted by Crippen LogP contribution is -2.21. The van der Waals surface area contributed by atoms with Crippen molar-refractivity contribution in [2.75, 3.05) is 0 Å². The largest absolute Gasteiger partial charge is 0.339 e. The molecule has 0 spiro atoms. The van der Waals surface area contributed by atoms with Crippen LogP contribution in [0.2, 0.25) is 0 Å². The fourth-order valence-corrected chi connectivity index (χ4v) is 1.60. The number of hydrogen-bond donors (Lipinski definition) is 1. The van der Waals surface area contributed by atoms with Gasteiger partial charge in [-0.1, -0.05) is 24.2 Å². The van der Waals surface area contributed by atoms with Gasteiger partial charge in [-0.05, 0) is 24.1 Å². The normalized spacial score (nSPS) is 12.6. The van der Waals surface area contributed by atoms with Gasteiger partial charge in [-0.2, -0.15) is 4.98 Å². The number of aromatic nitrogens is 2. The average Bonchev–Trinajstić information content (AvgIpc) is 2.79. The fourth-order valence-electron chi connectivity index (χ4n) is 1.60. The minimum Gasteiger partial charge on any atom is -0.339 e. The summed E-state index contributed by atoms with van der Waals surface area (Å²) in [5.41, 5.74) is 6.76. The number of nitrogens with two attached hydrogens (primary N) is 1. The SMILES string of the molecule is CCC(N)Cc1nc(Cc2ccc(F)cc2)no1. The van der Waals surface area contributed by atoms with Gasteiger partial charge in [0.05, 0.1) is 0 Å². The van der Waals surface area contributed by atoms with Crippen LogP contribution in [0.1, 0.15) is 30.6 Å². The second kappa shape index (κ2) is 5.73. The third-order valence-corrected chi connectivity index (χ3v) is 2.75. The van der Waals surface area contributed by atoms with Crippen LogP contribution in [-0.4, -0.2) is 16.2 Å². The topological polar surface area (TPSA) is 64.9 Å². The van der Waals surface area contributed by atoms with E-state index >= 15 is 0 Å². The molecule has 0 radical (unpaired) electrons. The molecule has 1 unspecified atom stereocenters. The third kappa shape index (κ3) is 3.37. The highest BCUT2D eigenvalue weighted by Gasteiger charge is 2.10. The summed E-state index contributed by atoms with van der Waals surface area (Å²) in [7, 11) is 0. The van der Waals surface area contributed by atoms with E-state index in [4.69, 9.17) is 10.3 Å².